The number of H-pyrrole nitrogens is 2. The van der Waals surface area contributed by atoms with Gasteiger partial charge in [-0.05, 0) is 13.0 Å². The highest BCUT2D eigenvalue weighted by Gasteiger charge is 2.32. The van der Waals surface area contributed by atoms with Gasteiger partial charge in [-0.3, -0.25) is 14.7 Å². The molecule has 3 N–H and O–H groups in total. The summed E-state index contributed by atoms with van der Waals surface area (Å²) in [6.07, 6.45) is -3.83. The van der Waals surface area contributed by atoms with E-state index in [1.54, 1.807) is 6.92 Å². The van der Waals surface area contributed by atoms with Crippen LogP contribution in [0.4, 0.5) is 13.2 Å². The average molecular weight is 326 g/mol. The lowest BCUT2D eigenvalue weighted by atomic mass is 10.1. The zero-order valence-corrected chi connectivity index (χ0v) is 12.0. The number of amides is 1. The van der Waals surface area contributed by atoms with E-state index in [0.717, 1.165) is 12.3 Å². The van der Waals surface area contributed by atoms with Crippen LogP contribution in [0.1, 0.15) is 22.4 Å². The number of nitrogens with zero attached hydrogens (tertiary/aromatic N) is 1. The summed E-state index contributed by atoms with van der Waals surface area (Å²) in [4.78, 5) is 23.1. The van der Waals surface area contributed by atoms with E-state index in [1.807, 2.05) is 0 Å². The van der Waals surface area contributed by atoms with Gasteiger partial charge in [0.2, 0.25) is 5.91 Å². The summed E-state index contributed by atoms with van der Waals surface area (Å²) in [5, 5.41) is 8.40. The van der Waals surface area contributed by atoms with Crippen molar-refractivity contribution >= 4 is 12.1 Å². The third-order valence-corrected chi connectivity index (χ3v) is 3.09. The maximum atomic E-state index is 12.8. The predicted octanol–water partition coefficient (Wildman–Crippen LogP) is 1.72. The summed E-state index contributed by atoms with van der Waals surface area (Å²) in [5.41, 5.74) is 1.41. The fourth-order valence-electron chi connectivity index (χ4n) is 1.93. The molecule has 6 nitrogen and oxygen atoms in total. The molecule has 122 valence electrons. The van der Waals surface area contributed by atoms with E-state index in [4.69, 9.17) is 0 Å². The van der Waals surface area contributed by atoms with Gasteiger partial charge in [-0.2, -0.15) is 18.3 Å². The van der Waals surface area contributed by atoms with Crippen molar-refractivity contribution in [2.24, 2.45) is 5.10 Å². The number of rotatable bonds is 4. The molecule has 2 aromatic rings. The highest BCUT2D eigenvalue weighted by Crippen LogP contribution is 2.30. The summed E-state index contributed by atoms with van der Waals surface area (Å²) >= 11 is 0. The quantitative estimate of drug-likeness (QED) is 0.590. The monoisotopic (exact) mass is 326 g/mol. The summed E-state index contributed by atoms with van der Waals surface area (Å²) in [5.74, 6) is -0.612. The number of alkyl halides is 3. The predicted molar refractivity (Wildman–Crippen MR) is 77.0 cm³/mol. The van der Waals surface area contributed by atoms with Crippen molar-refractivity contribution < 1.29 is 18.0 Å². The Morgan fingerprint density at radius 3 is 2.61 bits per heavy atom. The van der Waals surface area contributed by atoms with Crippen molar-refractivity contribution in [3.05, 3.63) is 57.0 Å². The van der Waals surface area contributed by atoms with E-state index in [9.17, 15) is 22.8 Å². The molecule has 1 aromatic heterocycles. The molecule has 0 radical (unpaired) electrons. The van der Waals surface area contributed by atoms with Crippen LogP contribution in [0.15, 0.2) is 34.2 Å². The first-order valence-electron chi connectivity index (χ1n) is 6.53. The van der Waals surface area contributed by atoms with E-state index >= 15 is 0 Å². The van der Waals surface area contributed by atoms with Crippen LogP contribution in [0, 0.1) is 6.92 Å². The van der Waals surface area contributed by atoms with Gasteiger partial charge in [0.15, 0.2) is 0 Å². The molecule has 0 aliphatic heterocycles. The fraction of sp³-hybridized carbons (Fsp3) is 0.214. The van der Waals surface area contributed by atoms with Crippen molar-refractivity contribution in [1.29, 1.82) is 0 Å². The third-order valence-electron chi connectivity index (χ3n) is 3.09. The second kappa shape index (κ2) is 6.51. The van der Waals surface area contributed by atoms with Crippen LogP contribution < -0.4 is 11.0 Å². The lowest BCUT2D eigenvalue weighted by molar-refractivity contribution is -0.137. The molecule has 0 aliphatic carbocycles. The number of carbonyl (C=O) groups is 1. The van der Waals surface area contributed by atoms with Crippen molar-refractivity contribution in [3.63, 3.8) is 0 Å². The summed E-state index contributed by atoms with van der Waals surface area (Å²) in [6.45, 7) is 1.61. The lowest BCUT2D eigenvalue weighted by Gasteiger charge is -2.09. The van der Waals surface area contributed by atoms with Gasteiger partial charge in [-0.1, -0.05) is 18.2 Å². The molecular formula is C14H13F3N4O2. The SMILES string of the molecule is Cc1[nH][nH]c(=O)c1CC(=O)N/N=C/c1ccccc1C(F)(F)F. The standard InChI is InChI=1S/C14H13F3N4O2/c1-8-10(13(23)21-19-8)6-12(22)20-18-7-9-4-2-3-5-11(9)14(15,16)17/h2-5,7H,6H2,1H3,(H,20,22)(H2,19,21,23)/b18-7+. The number of hydrogen-bond acceptors (Lipinski definition) is 3. The Labute approximate surface area is 128 Å². The van der Waals surface area contributed by atoms with Crippen molar-refractivity contribution in [3.8, 4) is 0 Å². The number of nitrogens with one attached hydrogen (secondary N) is 3. The molecule has 2 rings (SSSR count). The molecular weight excluding hydrogens is 313 g/mol. The lowest BCUT2D eigenvalue weighted by Crippen LogP contribution is -2.23. The minimum Gasteiger partial charge on any atom is -0.302 e. The number of aromatic amines is 2. The normalized spacial score (nSPS) is 11.8. The molecule has 0 bridgehead atoms. The van der Waals surface area contributed by atoms with E-state index in [1.165, 1.54) is 18.2 Å². The van der Waals surface area contributed by atoms with Gasteiger partial charge >= 0.3 is 6.18 Å². The Morgan fingerprint density at radius 2 is 2.00 bits per heavy atom. The number of hydrogen-bond donors (Lipinski definition) is 3. The van der Waals surface area contributed by atoms with Crippen LogP contribution in [0.3, 0.4) is 0 Å². The van der Waals surface area contributed by atoms with E-state index < -0.39 is 23.2 Å². The van der Waals surface area contributed by atoms with Crippen molar-refractivity contribution in [1.82, 2.24) is 15.6 Å². The third kappa shape index (κ3) is 4.09. The molecule has 1 amide bonds. The molecule has 1 heterocycles. The van der Waals surface area contributed by atoms with Gasteiger partial charge in [0.25, 0.3) is 5.56 Å². The first-order chi connectivity index (χ1) is 10.8. The van der Waals surface area contributed by atoms with Crippen LogP contribution in [-0.4, -0.2) is 22.3 Å². The van der Waals surface area contributed by atoms with Crippen molar-refractivity contribution in [2.45, 2.75) is 19.5 Å². The maximum Gasteiger partial charge on any atom is 0.417 e. The summed E-state index contributed by atoms with van der Waals surface area (Å²) in [6, 6.07) is 4.85. The Morgan fingerprint density at radius 1 is 1.30 bits per heavy atom. The summed E-state index contributed by atoms with van der Waals surface area (Å²) < 4.78 is 38.4. The molecule has 0 fully saturated rings. The Hall–Kier alpha value is -2.84. The zero-order chi connectivity index (χ0) is 17.0. The van der Waals surface area contributed by atoms with Crippen LogP contribution in [0.2, 0.25) is 0 Å². The largest absolute Gasteiger partial charge is 0.417 e. The zero-order valence-electron chi connectivity index (χ0n) is 12.0. The number of halogens is 3. The highest BCUT2D eigenvalue weighted by atomic mass is 19.4. The minimum atomic E-state index is -4.51. The van der Waals surface area contributed by atoms with Gasteiger partial charge in [0, 0.05) is 16.8 Å². The van der Waals surface area contributed by atoms with Crippen molar-refractivity contribution in [2.75, 3.05) is 0 Å². The number of aryl methyl sites for hydroxylation is 1. The van der Waals surface area contributed by atoms with Gasteiger partial charge < -0.3 is 5.10 Å². The van der Waals surface area contributed by atoms with Gasteiger partial charge in [0.05, 0.1) is 18.2 Å². The van der Waals surface area contributed by atoms with E-state index in [2.05, 4.69) is 20.7 Å². The van der Waals surface area contributed by atoms with Crippen LogP contribution >= 0.6 is 0 Å². The number of aromatic nitrogens is 2. The van der Waals surface area contributed by atoms with E-state index in [0.29, 0.717) is 5.69 Å². The molecule has 0 atom stereocenters. The van der Waals surface area contributed by atoms with Gasteiger partial charge in [-0.25, -0.2) is 5.43 Å². The molecule has 0 saturated carbocycles. The maximum absolute atomic E-state index is 12.8. The smallest absolute Gasteiger partial charge is 0.302 e. The Bertz CT molecular complexity index is 790. The molecule has 0 saturated heterocycles. The highest BCUT2D eigenvalue weighted by molar-refractivity contribution is 5.84. The number of hydrazone groups is 1. The topological polar surface area (TPSA) is 90.1 Å². The first kappa shape index (κ1) is 16.5. The second-order valence-corrected chi connectivity index (χ2v) is 4.74. The number of benzene rings is 1. The Kier molecular flexibility index (Phi) is 4.68. The minimum absolute atomic E-state index is 0.170. The molecule has 9 heteroatoms. The molecule has 23 heavy (non-hydrogen) atoms. The van der Waals surface area contributed by atoms with Crippen LogP contribution in [-0.2, 0) is 17.4 Å². The Balaban J connectivity index is 2.05. The van der Waals surface area contributed by atoms with Crippen LogP contribution in [0.5, 0.6) is 0 Å². The molecule has 0 spiro atoms. The second-order valence-electron chi connectivity index (χ2n) is 4.74. The van der Waals surface area contributed by atoms with Gasteiger partial charge in [-0.15, -0.1) is 0 Å². The average Bonchev–Trinajstić information content (AvgIpc) is 2.78. The number of carbonyl (C=O) groups excluding carboxylic acids is 1. The first-order valence-corrected chi connectivity index (χ1v) is 6.53. The fourth-order valence-corrected chi connectivity index (χ4v) is 1.93. The van der Waals surface area contributed by atoms with Crippen LogP contribution in [0.25, 0.3) is 0 Å². The molecule has 0 aliphatic rings. The molecule has 1 aromatic carbocycles. The van der Waals surface area contributed by atoms with Gasteiger partial charge in [0.1, 0.15) is 0 Å². The summed E-state index contributed by atoms with van der Waals surface area (Å²) in [7, 11) is 0. The molecule has 0 unspecified atom stereocenters. The van der Waals surface area contributed by atoms with E-state index in [-0.39, 0.29) is 17.5 Å².